The molecule has 1 aromatic rings. The van der Waals surface area contributed by atoms with Crippen molar-refractivity contribution >= 4 is 27.5 Å². The monoisotopic (exact) mass is 271 g/mol. The number of hydrogen-bond acceptors (Lipinski definition) is 3. The second kappa shape index (κ2) is 4.20. The first kappa shape index (κ1) is 10.4. The first-order valence-electron chi connectivity index (χ1n) is 4.44. The molecule has 2 rings (SSSR count). The number of halogens is 1. The van der Waals surface area contributed by atoms with Crippen LogP contribution in [0.15, 0.2) is 22.7 Å². The van der Waals surface area contributed by atoms with Crippen LogP contribution in [0, 0.1) is 0 Å². The molecule has 0 fully saturated rings. The summed E-state index contributed by atoms with van der Waals surface area (Å²) < 4.78 is 11.2. The van der Waals surface area contributed by atoms with Gasteiger partial charge in [-0.1, -0.05) is 15.9 Å². The molecule has 80 valence electrons. The quantitative estimate of drug-likeness (QED) is 0.823. The summed E-state index contributed by atoms with van der Waals surface area (Å²) in [7, 11) is 1.56. The van der Waals surface area contributed by atoms with Gasteiger partial charge in [0.1, 0.15) is 12.5 Å². The van der Waals surface area contributed by atoms with Crippen LogP contribution < -0.4 is 9.64 Å². The second-order valence-electron chi connectivity index (χ2n) is 3.14. The van der Waals surface area contributed by atoms with Crippen molar-refractivity contribution in [2.75, 3.05) is 25.3 Å². The van der Waals surface area contributed by atoms with E-state index in [0.717, 1.165) is 10.2 Å². The number of benzene rings is 1. The first-order chi connectivity index (χ1) is 7.22. The van der Waals surface area contributed by atoms with Crippen molar-refractivity contribution < 1.29 is 14.3 Å². The average Bonchev–Trinajstić information content (AvgIpc) is 2.23. The lowest BCUT2D eigenvalue weighted by atomic mass is 10.2. The number of amides is 1. The van der Waals surface area contributed by atoms with E-state index in [1.807, 2.05) is 18.2 Å². The van der Waals surface area contributed by atoms with Crippen LogP contribution in [0.2, 0.25) is 0 Å². The van der Waals surface area contributed by atoms with Gasteiger partial charge < -0.3 is 9.47 Å². The lowest BCUT2D eigenvalue weighted by molar-refractivity contribution is -0.122. The molecule has 1 amide bonds. The molecule has 0 radical (unpaired) electrons. The summed E-state index contributed by atoms with van der Waals surface area (Å²) in [5.41, 5.74) is 0.738. The summed E-state index contributed by atoms with van der Waals surface area (Å²) in [5.74, 6) is 0.609. The standard InChI is InChI=1S/C10H10BrNO3/c1-14-6-12-8-4-7(11)2-3-9(8)15-5-10(12)13/h2-4H,5-6H2,1H3. The molecular formula is C10H10BrNO3. The SMILES string of the molecule is COCN1C(=O)COc2ccc(Br)cc21. The molecule has 1 aromatic carbocycles. The van der Waals surface area contributed by atoms with Gasteiger partial charge in [0.2, 0.25) is 0 Å². The predicted octanol–water partition coefficient (Wildman–Crippen LogP) is 1.78. The normalized spacial score (nSPS) is 14.8. The molecule has 0 saturated heterocycles. The number of ether oxygens (including phenoxy) is 2. The maximum atomic E-state index is 11.6. The van der Waals surface area contributed by atoms with Crippen molar-refractivity contribution in [1.82, 2.24) is 0 Å². The minimum atomic E-state index is -0.0950. The van der Waals surface area contributed by atoms with E-state index in [9.17, 15) is 4.79 Å². The van der Waals surface area contributed by atoms with Crippen molar-refractivity contribution in [2.24, 2.45) is 0 Å². The van der Waals surface area contributed by atoms with E-state index in [4.69, 9.17) is 9.47 Å². The van der Waals surface area contributed by atoms with Crippen molar-refractivity contribution in [3.63, 3.8) is 0 Å². The van der Waals surface area contributed by atoms with Crippen LogP contribution in [-0.2, 0) is 9.53 Å². The minimum absolute atomic E-state index is 0.0675. The molecule has 5 heteroatoms. The van der Waals surface area contributed by atoms with Gasteiger partial charge in [0, 0.05) is 11.6 Å². The van der Waals surface area contributed by atoms with Gasteiger partial charge in [-0.3, -0.25) is 9.69 Å². The Kier molecular flexibility index (Phi) is 2.93. The van der Waals surface area contributed by atoms with Gasteiger partial charge in [0.15, 0.2) is 6.61 Å². The molecule has 0 aliphatic carbocycles. The number of fused-ring (bicyclic) bond motifs is 1. The van der Waals surface area contributed by atoms with Crippen LogP contribution in [-0.4, -0.2) is 26.4 Å². The Morgan fingerprint density at radius 3 is 3.13 bits per heavy atom. The Morgan fingerprint density at radius 1 is 1.60 bits per heavy atom. The zero-order valence-corrected chi connectivity index (χ0v) is 9.78. The molecular weight excluding hydrogens is 262 g/mol. The maximum absolute atomic E-state index is 11.6. The summed E-state index contributed by atoms with van der Waals surface area (Å²) in [5, 5.41) is 0. The van der Waals surface area contributed by atoms with E-state index in [2.05, 4.69) is 15.9 Å². The molecule has 4 nitrogen and oxygen atoms in total. The summed E-state index contributed by atoms with van der Waals surface area (Å²) in [6.07, 6.45) is 0. The van der Waals surface area contributed by atoms with Crippen LogP contribution in [0.1, 0.15) is 0 Å². The highest BCUT2D eigenvalue weighted by Gasteiger charge is 2.25. The van der Waals surface area contributed by atoms with Gasteiger partial charge in [0.05, 0.1) is 5.69 Å². The fraction of sp³-hybridized carbons (Fsp3) is 0.300. The summed E-state index contributed by atoms with van der Waals surface area (Å²) in [4.78, 5) is 13.1. The maximum Gasteiger partial charge on any atom is 0.266 e. The molecule has 15 heavy (non-hydrogen) atoms. The van der Waals surface area contributed by atoms with Crippen molar-refractivity contribution in [3.8, 4) is 5.75 Å². The summed E-state index contributed by atoms with van der Waals surface area (Å²) in [6, 6.07) is 5.54. The Labute approximate surface area is 95.9 Å². The largest absolute Gasteiger partial charge is 0.482 e. The predicted molar refractivity (Wildman–Crippen MR) is 59.0 cm³/mol. The summed E-state index contributed by atoms with van der Waals surface area (Å²) >= 11 is 3.35. The Morgan fingerprint density at radius 2 is 2.40 bits per heavy atom. The number of nitrogens with zero attached hydrogens (tertiary/aromatic N) is 1. The lowest BCUT2D eigenvalue weighted by Crippen LogP contribution is -2.39. The van der Waals surface area contributed by atoms with Crippen molar-refractivity contribution in [2.45, 2.75) is 0 Å². The average molecular weight is 272 g/mol. The molecule has 0 spiro atoms. The van der Waals surface area contributed by atoms with Gasteiger partial charge in [-0.05, 0) is 18.2 Å². The number of carbonyl (C=O) groups is 1. The highest BCUT2D eigenvalue weighted by molar-refractivity contribution is 9.10. The molecule has 1 aliphatic heterocycles. The molecule has 1 aliphatic rings. The second-order valence-corrected chi connectivity index (χ2v) is 4.06. The summed E-state index contributed by atoms with van der Waals surface area (Å²) in [6.45, 7) is 0.309. The van der Waals surface area contributed by atoms with E-state index in [1.54, 1.807) is 12.0 Å². The molecule has 0 bridgehead atoms. The van der Waals surface area contributed by atoms with Gasteiger partial charge >= 0.3 is 0 Å². The Balaban J connectivity index is 2.41. The molecule has 0 N–H and O–H groups in total. The highest BCUT2D eigenvalue weighted by Crippen LogP contribution is 2.34. The molecule has 0 atom stereocenters. The zero-order chi connectivity index (χ0) is 10.8. The molecule has 0 aromatic heterocycles. The van der Waals surface area contributed by atoms with E-state index in [0.29, 0.717) is 5.75 Å². The van der Waals surface area contributed by atoms with E-state index < -0.39 is 0 Å². The van der Waals surface area contributed by atoms with Crippen LogP contribution >= 0.6 is 15.9 Å². The van der Waals surface area contributed by atoms with Crippen LogP contribution in [0.25, 0.3) is 0 Å². The molecule has 0 unspecified atom stereocenters. The number of anilines is 1. The lowest BCUT2D eigenvalue weighted by Gasteiger charge is -2.28. The first-order valence-corrected chi connectivity index (χ1v) is 5.23. The van der Waals surface area contributed by atoms with Crippen LogP contribution in [0.4, 0.5) is 5.69 Å². The Hall–Kier alpha value is -1.07. The van der Waals surface area contributed by atoms with E-state index in [-0.39, 0.29) is 19.2 Å². The number of rotatable bonds is 2. The highest BCUT2D eigenvalue weighted by atomic mass is 79.9. The third kappa shape index (κ3) is 1.98. The Bertz CT molecular complexity index is 394. The minimum Gasteiger partial charge on any atom is -0.482 e. The van der Waals surface area contributed by atoms with Gasteiger partial charge in [-0.2, -0.15) is 0 Å². The van der Waals surface area contributed by atoms with E-state index in [1.165, 1.54) is 0 Å². The fourth-order valence-corrected chi connectivity index (χ4v) is 1.79. The molecule has 0 saturated carbocycles. The topological polar surface area (TPSA) is 38.8 Å². The number of methoxy groups -OCH3 is 1. The third-order valence-corrected chi connectivity index (χ3v) is 2.62. The fourth-order valence-electron chi connectivity index (χ4n) is 1.45. The van der Waals surface area contributed by atoms with Crippen molar-refractivity contribution in [3.05, 3.63) is 22.7 Å². The van der Waals surface area contributed by atoms with Gasteiger partial charge in [-0.15, -0.1) is 0 Å². The van der Waals surface area contributed by atoms with Gasteiger partial charge in [-0.25, -0.2) is 0 Å². The van der Waals surface area contributed by atoms with Gasteiger partial charge in [0.25, 0.3) is 5.91 Å². The smallest absolute Gasteiger partial charge is 0.266 e. The molecule has 1 heterocycles. The van der Waals surface area contributed by atoms with Crippen molar-refractivity contribution in [1.29, 1.82) is 0 Å². The number of carbonyl (C=O) groups excluding carboxylic acids is 1. The zero-order valence-electron chi connectivity index (χ0n) is 8.20. The van der Waals surface area contributed by atoms with Crippen LogP contribution in [0.5, 0.6) is 5.75 Å². The van der Waals surface area contributed by atoms with Crippen LogP contribution in [0.3, 0.4) is 0 Å². The number of hydrogen-bond donors (Lipinski definition) is 0. The third-order valence-electron chi connectivity index (χ3n) is 2.12. The van der Waals surface area contributed by atoms with E-state index >= 15 is 0 Å².